The molecular formula is C23H28FN3O4S. The van der Waals surface area contributed by atoms with E-state index in [2.05, 4.69) is 4.99 Å². The first kappa shape index (κ1) is 24.0. The van der Waals surface area contributed by atoms with Crippen LogP contribution in [0.25, 0.3) is 0 Å². The lowest BCUT2D eigenvalue weighted by Gasteiger charge is -2.36. The molecule has 1 amide bonds. The minimum absolute atomic E-state index is 0.0170. The lowest BCUT2D eigenvalue weighted by molar-refractivity contribution is -0.141. The number of hydrogen-bond donors (Lipinski definition) is 0. The molecule has 3 rings (SSSR count). The molecular weight excluding hydrogens is 433 g/mol. The molecule has 0 saturated heterocycles. The summed E-state index contributed by atoms with van der Waals surface area (Å²) in [5, 5.41) is 2.52. The normalized spacial score (nSPS) is 17.7. The van der Waals surface area contributed by atoms with Crippen molar-refractivity contribution in [1.82, 2.24) is 9.80 Å². The molecule has 172 valence electrons. The van der Waals surface area contributed by atoms with Crippen molar-refractivity contribution in [3.8, 4) is 0 Å². The smallest absolute Gasteiger partial charge is 0.338 e. The molecule has 0 aromatic heterocycles. The van der Waals surface area contributed by atoms with Crippen molar-refractivity contribution in [2.75, 3.05) is 33.4 Å². The van der Waals surface area contributed by atoms with Crippen molar-refractivity contribution < 1.29 is 23.5 Å². The Labute approximate surface area is 191 Å². The standard InChI is InChI=1S/C23H28FN3O4S/c1-5-26(6-2)19(28)13-18-14-32-23-25-15(3)20(22(29)31-11-10-30-4)21(27(18)23)16-8-7-9-17(24)12-16/h7-9,12,14,21H,5-6,10-11,13H2,1-4H3. The first-order valence-corrected chi connectivity index (χ1v) is 11.4. The molecule has 32 heavy (non-hydrogen) atoms. The number of amidine groups is 1. The lowest BCUT2D eigenvalue weighted by atomic mass is 9.93. The number of halogens is 1. The Morgan fingerprint density at radius 3 is 2.66 bits per heavy atom. The maximum Gasteiger partial charge on any atom is 0.338 e. The van der Waals surface area contributed by atoms with Crippen molar-refractivity contribution in [2.24, 2.45) is 4.99 Å². The molecule has 2 heterocycles. The summed E-state index contributed by atoms with van der Waals surface area (Å²) < 4.78 is 24.5. The van der Waals surface area contributed by atoms with Gasteiger partial charge in [-0.2, -0.15) is 0 Å². The Hall–Kier alpha value is -2.65. The van der Waals surface area contributed by atoms with Gasteiger partial charge in [0.15, 0.2) is 5.17 Å². The highest BCUT2D eigenvalue weighted by molar-refractivity contribution is 8.16. The fourth-order valence-electron chi connectivity index (χ4n) is 3.76. The van der Waals surface area contributed by atoms with Crippen molar-refractivity contribution >= 4 is 28.8 Å². The second-order valence-electron chi connectivity index (χ2n) is 7.32. The molecule has 0 spiro atoms. The van der Waals surface area contributed by atoms with Gasteiger partial charge in [-0.25, -0.2) is 14.2 Å². The predicted molar refractivity (Wildman–Crippen MR) is 122 cm³/mol. The van der Waals surface area contributed by atoms with E-state index in [0.29, 0.717) is 35.1 Å². The summed E-state index contributed by atoms with van der Waals surface area (Å²) in [6, 6.07) is 5.47. The molecule has 1 aromatic carbocycles. The van der Waals surface area contributed by atoms with E-state index >= 15 is 0 Å². The van der Waals surface area contributed by atoms with E-state index in [0.717, 1.165) is 5.70 Å². The topological polar surface area (TPSA) is 71.4 Å². The Kier molecular flexibility index (Phi) is 8.09. The van der Waals surface area contributed by atoms with E-state index in [4.69, 9.17) is 9.47 Å². The molecule has 7 nitrogen and oxygen atoms in total. The zero-order chi connectivity index (χ0) is 23.3. The number of nitrogens with zero attached hydrogens (tertiary/aromatic N) is 3. The number of hydrogen-bond acceptors (Lipinski definition) is 7. The number of carbonyl (C=O) groups is 2. The first-order chi connectivity index (χ1) is 15.4. The lowest BCUT2D eigenvalue weighted by Crippen LogP contribution is -2.39. The Balaban J connectivity index is 2.00. The number of esters is 1. The molecule has 2 aliphatic rings. The van der Waals surface area contributed by atoms with Crippen LogP contribution >= 0.6 is 11.8 Å². The SMILES string of the molecule is CCN(CC)C(=O)CC1=CSC2=NC(C)=C(C(=O)OCCOC)C(c3cccc(F)c3)N12. The maximum atomic E-state index is 14.2. The van der Waals surface area contributed by atoms with Crippen LogP contribution in [0.3, 0.4) is 0 Å². The summed E-state index contributed by atoms with van der Waals surface area (Å²) >= 11 is 1.39. The van der Waals surface area contributed by atoms with Gasteiger partial charge in [-0.15, -0.1) is 0 Å². The van der Waals surface area contributed by atoms with Gasteiger partial charge in [0.1, 0.15) is 12.4 Å². The summed E-state index contributed by atoms with van der Waals surface area (Å²) in [5.74, 6) is -0.965. The van der Waals surface area contributed by atoms with Gasteiger partial charge in [-0.1, -0.05) is 23.9 Å². The number of carbonyl (C=O) groups excluding carboxylic acids is 2. The van der Waals surface area contributed by atoms with Crippen molar-refractivity contribution in [2.45, 2.75) is 33.2 Å². The fourth-order valence-corrected chi connectivity index (χ4v) is 4.73. The highest BCUT2D eigenvalue weighted by Crippen LogP contribution is 2.45. The number of aliphatic imine (C=N–C) groups is 1. The average molecular weight is 462 g/mol. The fraction of sp³-hybridized carbons (Fsp3) is 0.435. The monoisotopic (exact) mass is 461 g/mol. The number of ether oxygens (including phenoxy) is 2. The summed E-state index contributed by atoms with van der Waals surface area (Å²) in [7, 11) is 1.52. The van der Waals surface area contributed by atoms with E-state index in [-0.39, 0.29) is 25.5 Å². The van der Waals surface area contributed by atoms with Crippen LogP contribution in [0.5, 0.6) is 0 Å². The third kappa shape index (κ3) is 5.05. The van der Waals surface area contributed by atoms with E-state index < -0.39 is 17.8 Å². The van der Waals surface area contributed by atoms with Crippen LogP contribution in [0.1, 0.15) is 38.8 Å². The largest absolute Gasteiger partial charge is 0.460 e. The zero-order valence-electron chi connectivity index (χ0n) is 18.8. The number of rotatable bonds is 9. The molecule has 1 aromatic rings. The summed E-state index contributed by atoms with van der Waals surface area (Å²) in [6.45, 7) is 7.19. The summed E-state index contributed by atoms with van der Waals surface area (Å²) in [5.41, 5.74) is 2.12. The first-order valence-electron chi connectivity index (χ1n) is 10.5. The van der Waals surface area contributed by atoms with Crippen LogP contribution in [-0.4, -0.2) is 60.3 Å². The van der Waals surface area contributed by atoms with E-state index in [1.807, 2.05) is 24.2 Å². The van der Waals surface area contributed by atoms with Gasteiger partial charge in [-0.3, -0.25) is 4.79 Å². The molecule has 1 atom stereocenters. The van der Waals surface area contributed by atoms with Crippen LogP contribution in [-0.2, 0) is 19.1 Å². The number of benzene rings is 1. The third-order valence-corrected chi connectivity index (χ3v) is 6.24. The number of allylic oxidation sites excluding steroid dienone is 1. The van der Waals surface area contributed by atoms with Gasteiger partial charge in [0, 0.05) is 25.9 Å². The van der Waals surface area contributed by atoms with Crippen molar-refractivity contribution in [3.63, 3.8) is 0 Å². The molecule has 1 unspecified atom stereocenters. The van der Waals surface area contributed by atoms with Gasteiger partial charge >= 0.3 is 5.97 Å². The third-order valence-electron chi connectivity index (χ3n) is 5.35. The van der Waals surface area contributed by atoms with Gasteiger partial charge in [0.2, 0.25) is 5.91 Å². The second kappa shape index (κ2) is 10.8. The molecule has 0 N–H and O–H groups in total. The van der Waals surface area contributed by atoms with Crippen LogP contribution < -0.4 is 0 Å². The highest BCUT2D eigenvalue weighted by Gasteiger charge is 2.41. The van der Waals surface area contributed by atoms with Crippen LogP contribution in [0, 0.1) is 5.82 Å². The number of amides is 1. The zero-order valence-corrected chi connectivity index (χ0v) is 19.6. The van der Waals surface area contributed by atoms with Crippen LogP contribution in [0.4, 0.5) is 4.39 Å². The van der Waals surface area contributed by atoms with E-state index in [9.17, 15) is 14.0 Å². The minimum Gasteiger partial charge on any atom is -0.460 e. The summed E-state index contributed by atoms with van der Waals surface area (Å²) in [6.07, 6.45) is 0.157. The second-order valence-corrected chi connectivity index (χ2v) is 8.16. The predicted octanol–water partition coefficient (Wildman–Crippen LogP) is 3.85. The van der Waals surface area contributed by atoms with Crippen LogP contribution in [0.15, 0.2) is 51.6 Å². The molecule has 0 saturated carbocycles. The van der Waals surface area contributed by atoms with Gasteiger partial charge in [0.25, 0.3) is 0 Å². The Morgan fingerprint density at radius 2 is 2.00 bits per heavy atom. The highest BCUT2D eigenvalue weighted by atomic mass is 32.2. The molecule has 2 aliphatic heterocycles. The molecule has 9 heteroatoms. The number of fused-ring (bicyclic) bond motifs is 1. The van der Waals surface area contributed by atoms with Crippen LogP contribution in [0.2, 0.25) is 0 Å². The quantitative estimate of drug-likeness (QED) is 0.411. The van der Waals surface area contributed by atoms with Crippen molar-refractivity contribution in [1.29, 1.82) is 0 Å². The Morgan fingerprint density at radius 1 is 1.25 bits per heavy atom. The average Bonchev–Trinajstić information content (AvgIpc) is 3.15. The molecule has 0 radical (unpaired) electrons. The van der Waals surface area contributed by atoms with Crippen molar-refractivity contribution in [3.05, 3.63) is 58.0 Å². The maximum absolute atomic E-state index is 14.2. The van der Waals surface area contributed by atoms with Gasteiger partial charge in [0.05, 0.1) is 30.3 Å². The number of methoxy groups -OCH3 is 1. The van der Waals surface area contributed by atoms with Gasteiger partial charge < -0.3 is 19.3 Å². The van der Waals surface area contributed by atoms with E-state index in [1.54, 1.807) is 24.0 Å². The van der Waals surface area contributed by atoms with E-state index in [1.165, 1.54) is 31.0 Å². The molecule has 0 aliphatic carbocycles. The van der Waals surface area contributed by atoms with Gasteiger partial charge in [-0.05, 0) is 43.9 Å². The number of thioether (sulfide) groups is 1. The summed E-state index contributed by atoms with van der Waals surface area (Å²) in [4.78, 5) is 34.1. The Bertz CT molecular complexity index is 972. The molecule has 0 bridgehead atoms. The minimum atomic E-state index is -0.654. The molecule has 0 fully saturated rings.